The van der Waals surface area contributed by atoms with E-state index in [4.69, 9.17) is 13.9 Å². The van der Waals surface area contributed by atoms with Gasteiger partial charge in [-0.25, -0.2) is 0 Å². The van der Waals surface area contributed by atoms with Crippen molar-refractivity contribution in [2.24, 2.45) is 0 Å². The summed E-state index contributed by atoms with van der Waals surface area (Å²) in [6.45, 7) is 2.58. The third-order valence-corrected chi connectivity index (χ3v) is 3.62. The number of aryl methyl sites for hydroxylation is 1. The lowest BCUT2D eigenvalue weighted by atomic mass is 10.1. The first-order chi connectivity index (χ1) is 10.7. The maximum absolute atomic E-state index is 5.77. The Hall–Kier alpha value is -2.62. The van der Waals surface area contributed by atoms with Crippen LogP contribution in [0.2, 0.25) is 0 Å². The maximum Gasteiger partial charge on any atom is 0.157 e. The van der Waals surface area contributed by atoms with Crippen molar-refractivity contribution in [3.63, 3.8) is 0 Å². The quantitative estimate of drug-likeness (QED) is 0.759. The van der Waals surface area contributed by atoms with E-state index >= 15 is 0 Å². The van der Waals surface area contributed by atoms with Crippen LogP contribution in [0.3, 0.4) is 0 Å². The Morgan fingerprint density at radius 1 is 1.05 bits per heavy atom. The Balaban J connectivity index is 1.87. The highest BCUT2D eigenvalue weighted by atomic mass is 16.5. The maximum atomic E-state index is 5.77. The minimum absolute atomic E-state index is 0.624. The van der Waals surface area contributed by atoms with E-state index in [0.717, 1.165) is 39.5 Å². The zero-order valence-corrected chi connectivity index (χ0v) is 13.0. The fourth-order valence-corrected chi connectivity index (χ4v) is 2.54. The third-order valence-electron chi connectivity index (χ3n) is 3.62. The van der Waals surface area contributed by atoms with E-state index in [-0.39, 0.29) is 0 Å². The van der Waals surface area contributed by atoms with Gasteiger partial charge in [0.1, 0.15) is 17.3 Å². The molecule has 3 aromatic rings. The molecule has 0 unspecified atom stereocenters. The van der Waals surface area contributed by atoms with Crippen LogP contribution in [0.5, 0.6) is 11.5 Å². The molecule has 0 amide bonds. The average molecular weight is 297 g/mol. The molecule has 0 saturated heterocycles. The number of rotatable bonds is 5. The highest BCUT2D eigenvalue weighted by molar-refractivity contribution is 5.89. The van der Waals surface area contributed by atoms with Crippen LogP contribution in [-0.4, -0.2) is 14.2 Å². The number of hydrogen-bond donors (Lipinski definition) is 1. The fourth-order valence-electron chi connectivity index (χ4n) is 2.54. The molecule has 0 bridgehead atoms. The fraction of sp³-hybridized carbons (Fsp3) is 0.222. The molecular formula is C18H19NO3. The van der Waals surface area contributed by atoms with Gasteiger partial charge in [0.2, 0.25) is 0 Å². The summed E-state index contributed by atoms with van der Waals surface area (Å²) in [4.78, 5) is 0. The molecule has 0 aliphatic rings. The number of benzene rings is 2. The molecule has 0 fully saturated rings. The second-order valence-electron chi connectivity index (χ2n) is 5.11. The summed E-state index contributed by atoms with van der Waals surface area (Å²) in [5.74, 6) is 2.55. The molecule has 0 spiro atoms. The van der Waals surface area contributed by atoms with E-state index in [1.54, 1.807) is 14.2 Å². The topological polar surface area (TPSA) is 43.6 Å². The molecule has 2 aromatic carbocycles. The first kappa shape index (κ1) is 14.3. The summed E-state index contributed by atoms with van der Waals surface area (Å²) in [7, 11) is 3.33. The monoisotopic (exact) mass is 297 g/mol. The SMILES string of the molecule is COc1ccc(OC)c(CNc2cccc3cc(C)oc23)c1. The number of fused-ring (bicyclic) bond motifs is 1. The van der Waals surface area contributed by atoms with Crippen molar-refractivity contribution in [1.82, 2.24) is 0 Å². The molecule has 22 heavy (non-hydrogen) atoms. The van der Waals surface area contributed by atoms with Crippen LogP contribution in [0.15, 0.2) is 46.9 Å². The molecule has 0 atom stereocenters. The van der Waals surface area contributed by atoms with E-state index in [2.05, 4.69) is 5.32 Å². The minimum atomic E-state index is 0.624. The molecule has 1 heterocycles. The van der Waals surface area contributed by atoms with Gasteiger partial charge < -0.3 is 19.2 Å². The summed E-state index contributed by atoms with van der Waals surface area (Å²) in [5.41, 5.74) is 2.87. The lowest BCUT2D eigenvalue weighted by Gasteiger charge is -2.12. The highest BCUT2D eigenvalue weighted by Gasteiger charge is 2.08. The van der Waals surface area contributed by atoms with Gasteiger partial charge in [0, 0.05) is 17.5 Å². The number of nitrogens with one attached hydrogen (secondary N) is 1. The number of furan rings is 1. The van der Waals surface area contributed by atoms with Crippen molar-refractivity contribution in [1.29, 1.82) is 0 Å². The Morgan fingerprint density at radius 2 is 1.91 bits per heavy atom. The number of anilines is 1. The molecule has 1 aromatic heterocycles. The van der Waals surface area contributed by atoms with Crippen LogP contribution in [0.25, 0.3) is 11.0 Å². The Labute approximate surface area is 129 Å². The molecular weight excluding hydrogens is 278 g/mol. The molecule has 3 rings (SSSR count). The first-order valence-electron chi connectivity index (χ1n) is 7.15. The van der Waals surface area contributed by atoms with Crippen LogP contribution in [0, 0.1) is 6.92 Å². The minimum Gasteiger partial charge on any atom is -0.497 e. The van der Waals surface area contributed by atoms with E-state index in [0.29, 0.717) is 6.54 Å². The molecule has 0 saturated carbocycles. The van der Waals surface area contributed by atoms with Gasteiger partial charge in [-0.2, -0.15) is 0 Å². The summed E-state index contributed by atoms with van der Waals surface area (Å²) in [5, 5.41) is 4.51. The van der Waals surface area contributed by atoms with Crippen LogP contribution in [0.1, 0.15) is 11.3 Å². The van der Waals surface area contributed by atoms with Crippen molar-refractivity contribution >= 4 is 16.7 Å². The molecule has 0 aliphatic heterocycles. The predicted molar refractivity (Wildman–Crippen MR) is 87.8 cm³/mol. The van der Waals surface area contributed by atoms with Crippen LogP contribution >= 0.6 is 0 Å². The Kier molecular flexibility index (Phi) is 3.92. The molecule has 114 valence electrons. The lowest BCUT2D eigenvalue weighted by molar-refractivity contribution is 0.399. The zero-order chi connectivity index (χ0) is 15.5. The predicted octanol–water partition coefficient (Wildman–Crippen LogP) is 4.37. The number of ether oxygens (including phenoxy) is 2. The van der Waals surface area contributed by atoms with Crippen molar-refractivity contribution < 1.29 is 13.9 Å². The van der Waals surface area contributed by atoms with E-state index < -0.39 is 0 Å². The van der Waals surface area contributed by atoms with E-state index in [9.17, 15) is 0 Å². The van der Waals surface area contributed by atoms with Crippen molar-refractivity contribution in [2.75, 3.05) is 19.5 Å². The van der Waals surface area contributed by atoms with E-state index in [1.165, 1.54) is 0 Å². The number of para-hydroxylation sites is 1. The average Bonchev–Trinajstić information content (AvgIpc) is 2.93. The van der Waals surface area contributed by atoms with Gasteiger partial charge in [0.15, 0.2) is 5.58 Å². The van der Waals surface area contributed by atoms with Crippen LogP contribution in [0.4, 0.5) is 5.69 Å². The van der Waals surface area contributed by atoms with Gasteiger partial charge in [-0.05, 0) is 37.3 Å². The van der Waals surface area contributed by atoms with Gasteiger partial charge in [-0.15, -0.1) is 0 Å². The van der Waals surface area contributed by atoms with E-state index in [1.807, 2.05) is 49.4 Å². The Bertz CT molecular complexity index is 792. The van der Waals surface area contributed by atoms with Gasteiger partial charge in [-0.1, -0.05) is 12.1 Å². The van der Waals surface area contributed by atoms with Crippen molar-refractivity contribution in [3.8, 4) is 11.5 Å². The smallest absolute Gasteiger partial charge is 0.157 e. The standard InChI is InChI=1S/C18H19NO3/c1-12-9-13-5-4-6-16(18(13)22-12)19-11-14-10-15(20-2)7-8-17(14)21-3/h4-10,19H,11H2,1-3H3. The van der Waals surface area contributed by atoms with Crippen molar-refractivity contribution in [2.45, 2.75) is 13.5 Å². The Morgan fingerprint density at radius 3 is 2.68 bits per heavy atom. The summed E-state index contributed by atoms with van der Waals surface area (Å²) in [6, 6.07) is 13.9. The van der Waals surface area contributed by atoms with Gasteiger partial charge in [0.05, 0.1) is 19.9 Å². The van der Waals surface area contributed by atoms with Gasteiger partial charge >= 0.3 is 0 Å². The van der Waals surface area contributed by atoms with Crippen LogP contribution in [-0.2, 0) is 6.54 Å². The third kappa shape index (κ3) is 2.72. The molecule has 4 nitrogen and oxygen atoms in total. The molecule has 1 N–H and O–H groups in total. The summed E-state index contributed by atoms with van der Waals surface area (Å²) >= 11 is 0. The zero-order valence-electron chi connectivity index (χ0n) is 13.0. The normalized spacial score (nSPS) is 10.7. The number of hydrogen-bond acceptors (Lipinski definition) is 4. The second kappa shape index (κ2) is 6.02. The van der Waals surface area contributed by atoms with Crippen molar-refractivity contribution in [3.05, 3.63) is 53.8 Å². The largest absolute Gasteiger partial charge is 0.497 e. The summed E-state index contributed by atoms with van der Waals surface area (Å²) < 4.78 is 16.5. The van der Waals surface area contributed by atoms with Gasteiger partial charge in [0.25, 0.3) is 0 Å². The van der Waals surface area contributed by atoms with Crippen LogP contribution < -0.4 is 14.8 Å². The molecule has 0 aliphatic carbocycles. The first-order valence-corrected chi connectivity index (χ1v) is 7.15. The number of methoxy groups -OCH3 is 2. The van der Waals surface area contributed by atoms with Gasteiger partial charge in [-0.3, -0.25) is 0 Å². The molecule has 4 heteroatoms. The highest BCUT2D eigenvalue weighted by Crippen LogP contribution is 2.29. The summed E-state index contributed by atoms with van der Waals surface area (Å²) in [6.07, 6.45) is 0. The lowest BCUT2D eigenvalue weighted by Crippen LogP contribution is -2.02. The second-order valence-corrected chi connectivity index (χ2v) is 5.11. The molecule has 0 radical (unpaired) electrons.